The highest BCUT2D eigenvalue weighted by molar-refractivity contribution is 6.32. The van der Waals surface area contributed by atoms with Gasteiger partial charge < -0.3 is 39.4 Å². The summed E-state index contributed by atoms with van der Waals surface area (Å²) in [6, 6.07) is 14.0. The first kappa shape index (κ1) is 34.3. The summed E-state index contributed by atoms with van der Waals surface area (Å²) >= 11 is 6.64. The van der Waals surface area contributed by atoms with Crippen molar-refractivity contribution in [2.24, 2.45) is 0 Å². The molecule has 3 aromatic carbocycles. The van der Waals surface area contributed by atoms with E-state index >= 15 is 0 Å². The van der Waals surface area contributed by atoms with E-state index in [1.54, 1.807) is 12.1 Å². The Balaban J connectivity index is 1.30. The Kier molecular flexibility index (Phi) is 11.1. The van der Waals surface area contributed by atoms with Crippen LogP contribution in [0.2, 0.25) is 5.02 Å². The van der Waals surface area contributed by atoms with Gasteiger partial charge >= 0.3 is 11.9 Å². The molecule has 12 nitrogen and oxygen atoms in total. The number of rotatable bonds is 14. The highest BCUT2D eigenvalue weighted by Crippen LogP contribution is 2.37. The Morgan fingerprint density at radius 1 is 1.00 bits per heavy atom. The van der Waals surface area contributed by atoms with Crippen molar-refractivity contribution < 1.29 is 49.0 Å². The first-order valence-electron chi connectivity index (χ1n) is 15.4. The lowest BCUT2D eigenvalue weighted by Gasteiger charge is -2.35. The first-order chi connectivity index (χ1) is 22.6. The normalized spacial score (nSPS) is 16.3. The van der Waals surface area contributed by atoms with Crippen molar-refractivity contribution >= 4 is 23.5 Å². The molecule has 2 heterocycles. The summed E-state index contributed by atoms with van der Waals surface area (Å²) < 4.78 is 23.8. The van der Waals surface area contributed by atoms with Crippen LogP contribution in [0.15, 0.2) is 48.5 Å². The van der Waals surface area contributed by atoms with E-state index in [0.29, 0.717) is 60.7 Å². The van der Waals surface area contributed by atoms with Crippen molar-refractivity contribution in [3.63, 3.8) is 0 Å². The minimum Gasteiger partial charge on any atom is -0.492 e. The van der Waals surface area contributed by atoms with Gasteiger partial charge in [-0.2, -0.15) is 0 Å². The molecule has 0 aliphatic carbocycles. The van der Waals surface area contributed by atoms with Gasteiger partial charge in [0, 0.05) is 37.8 Å². The van der Waals surface area contributed by atoms with Gasteiger partial charge in [-0.3, -0.25) is 15.0 Å². The topological polar surface area (TPSA) is 167 Å². The average molecular weight is 671 g/mol. The number of likely N-dealkylation sites (tertiary alicyclic amines) is 1. The predicted octanol–water partition coefficient (Wildman–Crippen LogP) is 3.49. The van der Waals surface area contributed by atoms with E-state index in [9.17, 15) is 30.0 Å². The highest BCUT2D eigenvalue weighted by atomic mass is 35.5. The summed E-state index contributed by atoms with van der Waals surface area (Å²) in [5.74, 6) is -0.192. The number of ether oxygens (including phenoxy) is 4. The largest absolute Gasteiger partial charge is 0.492 e. The molecule has 0 saturated carbocycles. The summed E-state index contributed by atoms with van der Waals surface area (Å²) in [6.45, 7) is 4.23. The molecule has 252 valence electrons. The maximum atomic E-state index is 11.4. The Hall–Kier alpha value is -4.07. The molecule has 0 radical (unpaired) electrons. The Morgan fingerprint density at radius 2 is 1.74 bits per heavy atom. The SMILES string of the molecule is Cc1c(COc2cc(OCCN3CCC(O)(C(=O)O)CC3)c(CNC(CO)C(=O)O)cc2Cl)cccc1-c1ccc2c(c1)OCCO2. The molecule has 47 heavy (non-hydrogen) atoms. The van der Waals surface area contributed by atoms with Gasteiger partial charge in [-0.05, 0) is 60.2 Å². The van der Waals surface area contributed by atoms with Crippen molar-refractivity contribution in [1.29, 1.82) is 0 Å². The van der Waals surface area contributed by atoms with Crippen molar-refractivity contribution in [1.82, 2.24) is 10.2 Å². The molecular formula is C34H39ClN2O10. The van der Waals surface area contributed by atoms with Crippen LogP contribution in [0.25, 0.3) is 11.1 Å². The van der Waals surface area contributed by atoms with Crippen LogP contribution in [0.4, 0.5) is 0 Å². The van der Waals surface area contributed by atoms with Crippen LogP contribution in [-0.4, -0.2) is 95.0 Å². The molecule has 1 fully saturated rings. The average Bonchev–Trinajstić information content (AvgIpc) is 3.06. The van der Waals surface area contributed by atoms with Crippen molar-refractivity contribution in [2.75, 3.05) is 46.1 Å². The van der Waals surface area contributed by atoms with E-state index in [-0.39, 0.29) is 32.6 Å². The molecule has 1 atom stereocenters. The van der Waals surface area contributed by atoms with E-state index in [0.717, 1.165) is 28.0 Å². The molecule has 0 amide bonds. The third-order valence-corrected chi connectivity index (χ3v) is 8.86. The molecule has 0 spiro atoms. The molecule has 3 aromatic rings. The Labute approximate surface area is 277 Å². The maximum absolute atomic E-state index is 11.4. The van der Waals surface area contributed by atoms with Crippen LogP contribution < -0.4 is 24.3 Å². The molecule has 2 aliphatic rings. The minimum absolute atomic E-state index is 0.0545. The number of aliphatic hydroxyl groups excluding tert-OH is 1. The van der Waals surface area contributed by atoms with Gasteiger partial charge in [0.1, 0.15) is 44.0 Å². The summed E-state index contributed by atoms with van der Waals surface area (Å²) in [6.07, 6.45) is 0.229. The number of piperidine rings is 1. The fourth-order valence-corrected chi connectivity index (χ4v) is 5.83. The second-order valence-electron chi connectivity index (χ2n) is 11.6. The fraction of sp³-hybridized carbons (Fsp3) is 0.412. The second-order valence-corrected chi connectivity index (χ2v) is 12.0. The van der Waals surface area contributed by atoms with Crippen LogP contribution in [-0.2, 0) is 22.7 Å². The molecule has 2 aliphatic heterocycles. The fourth-order valence-electron chi connectivity index (χ4n) is 5.59. The second kappa shape index (κ2) is 15.2. The number of hydrogen-bond acceptors (Lipinski definition) is 10. The number of carbonyl (C=O) groups is 2. The standard InChI is InChI=1S/C34H39ClN2O10/c1-21-23(3-2-4-25(21)22-5-6-28-31(16-22)46-14-13-45-28)20-47-30-17-29(24(15-26(30)35)18-36-27(19-38)32(39)40)44-12-11-37-9-7-34(43,8-10-37)33(41)42/h2-6,15-17,27,36,38,43H,7-14,18-20H2,1H3,(H,39,40)(H,41,42). The number of fused-ring (bicyclic) bond motifs is 1. The van der Waals surface area contributed by atoms with Crippen molar-refractivity contribution in [3.05, 3.63) is 70.2 Å². The van der Waals surface area contributed by atoms with Crippen LogP contribution >= 0.6 is 11.6 Å². The molecule has 0 bridgehead atoms. The number of carboxylic acid groups (broad SMARTS) is 2. The van der Waals surface area contributed by atoms with Gasteiger partial charge in [0.15, 0.2) is 17.1 Å². The van der Waals surface area contributed by atoms with E-state index in [1.165, 1.54) is 0 Å². The van der Waals surface area contributed by atoms with Gasteiger partial charge in [0.05, 0.1) is 11.6 Å². The Morgan fingerprint density at radius 3 is 2.45 bits per heavy atom. The quantitative estimate of drug-likeness (QED) is 0.170. The van der Waals surface area contributed by atoms with Crippen LogP contribution in [0, 0.1) is 6.92 Å². The number of nitrogens with one attached hydrogen (secondary N) is 1. The number of carboxylic acids is 2. The smallest absolute Gasteiger partial charge is 0.335 e. The zero-order valence-corrected chi connectivity index (χ0v) is 26.8. The summed E-state index contributed by atoms with van der Waals surface area (Å²) in [4.78, 5) is 24.8. The van der Waals surface area contributed by atoms with Gasteiger partial charge in [0.2, 0.25) is 0 Å². The molecule has 1 unspecified atom stereocenters. The van der Waals surface area contributed by atoms with E-state index in [2.05, 4.69) is 5.32 Å². The number of aliphatic carboxylic acids is 2. The monoisotopic (exact) mass is 670 g/mol. The molecule has 0 aromatic heterocycles. The van der Waals surface area contributed by atoms with Crippen molar-refractivity contribution in [2.45, 2.75) is 44.6 Å². The van der Waals surface area contributed by atoms with Gasteiger partial charge in [-0.1, -0.05) is 35.9 Å². The first-order valence-corrected chi connectivity index (χ1v) is 15.8. The number of benzene rings is 3. The number of aliphatic hydroxyl groups is 2. The van der Waals surface area contributed by atoms with Gasteiger partial charge in [-0.15, -0.1) is 0 Å². The van der Waals surface area contributed by atoms with Gasteiger partial charge in [0.25, 0.3) is 0 Å². The molecule has 5 rings (SSSR count). The van der Waals surface area contributed by atoms with E-state index in [1.807, 2.05) is 48.2 Å². The van der Waals surface area contributed by atoms with E-state index in [4.69, 9.17) is 30.5 Å². The molecular weight excluding hydrogens is 632 g/mol. The maximum Gasteiger partial charge on any atom is 0.335 e. The number of hydrogen-bond donors (Lipinski definition) is 5. The van der Waals surface area contributed by atoms with Crippen LogP contribution in [0.5, 0.6) is 23.0 Å². The zero-order chi connectivity index (χ0) is 33.6. The number of nitrogens with zero attached hydrogens (tertiary/aromatic N) is 1. The van der Waals surface area contributed by atoms with Crippen LogP contribution in [0.3, 0.4) is 0 Å². The predicted molar refractivity (Wildman–Crippen MR) is 172 cm³/mol. The van der Waals surface area contributed by atoms with Crippen LogP contribution in [0.1, 0.15) is 29.5 Å². The third-order valence-electron chi connectivity index (χ3n) is 8.56. The number of halogens is 1. The lowest BCUT2D eigenvalue weighted by atomic mass is 9.92. The molecule has 1 saturated heterocycles. The summed E-state index contributed by atoms with van der Waals surface area (Å²) in [5.41, 5.74) is 2.84. The van der Waals surface area contributed by atoms with Crippen molar-refractivity contribution in [3.8, 4) is 34.1 Å². The van der Waals surface area contributed by atoms with Gasteiger partial charge in [-0.25, -0.2) is 4.79 Å². The Bertz CT molecular complexity index is 1590. The summed E-state index contributed by atoms with van der Waals surface area (Å²) in [7, 11) is 0. The molecule has 5 N–H and O–H groups in total. The minimum atomic E-state index is -1.71. The lowest BCUT2D eigenvalue weighted by molar-refractivity contribution is -0.163. The van der Waals surface area contributed by atoms with E-state index < -0.39 is 30.2 Å². The third kappa shape index (κ3) is 8.27. The molecule has 13 heteroatoms. The lowest BCUT2D eigenvalue weighted by Crippen LogP contribution is -2.50. The highest BCUT2D eigenvalue weighted by Gasteiger charge is 2.39. The summed E-state index contributed by atoms with van der Waals surface area (Å²) in [5, 5.41) is 41.4. The zero-order valence-electron chi connectivity index (χ0n) is 26.0.